The highest BCUT2D eigenvalue weighted by Crippen LogP contribution is 2.35. The van der Waals surface area contributed by atoms with E-state index in [-0.39, 0.29) is 18.1 Å². The van der Waals surface area contributed by atoms with Crippen LogP contribution in [0.4, 0.5) is 11.6 Å². The standard InChI is InChI=1S/C21H24N6O3.ClH/c1-29-18-9-14(13-5-7-22-8-6-13)3-4-15(18)16-10-19(27-26-16)25-20-12-23-17(11-24-20)21(28)30-2;/h3-4,9-13,22H,5-8H2,1-2H3,(H2,24,25,26,27);1H. The lowest BCUT2D eigenvalue weighted by Crippen LogP contribution is -2.26. The number of nitrogens with one attached hydrogen (secondary N) is 3. The first-order valence-electron chi connectivity index (χ1n) is 9.79. The summed E-state index contributed by atoms with van der Waals surface area (Å²) < 4.78 is 10.3. The largest absolute Gasteiger partial charge is 0.496 e. The molecule has 1 aliphatic heterocycles. The number of anilines is 2. The van der Waals surface area contributed by atoms with E-state index in [4.69, 9.17) is 4.74 Å². The molecule has 0 bridgehead atoms. The Morgan fingerprint density at radius 1 is 1.10 bits per heavy atom. The molecular formula is C21H25ClN6O3. The van der Waals surface area contributed by atoms with E-state index in [2.05, 4.69) is 53.7 Å². The maximum absolute atomic E-state index is 11.5. The van der Waals surface area contributed by atoms with Gasteiger partial charge in [0.15, 0.2) is 11.5 Å². The predicted molar refractivity (Wildman–Crippen MR) is 119 cm³/mol. The molecule has 2 aromatic heterocycles. The SMILES string of the molecule is COC(=O)c1cnc(Nc2cc(-c3ccc(C4CCNCC4)cc3OC)[nH]n2)cn1.Cl. The van der Waals surface area contributed by atoms with E-state index in [1.165, 1.54) is 25.1 Å². The van der Waals surface area contributed by atoms with Crippen LogP contribution in [0.2, 0.25) is 0 Å². The molecule has 1 saturated heterocycles. The molecule has 9 nitrogen and oxygen atoms in total. The summed E-state index contributed by atoms with van der Waals surface area (Å²) in [7, 11) is 2.98. The molecule has 0 amide bonds. The lowest BCUT2D eigenvalue weighted by atomic mass is 9.89. The van der Waals surface area contributed by atoms with Gasteiger partial charge in [-0.05, 0) is 49.5 Å². The van der Waals surface area contributed by atoms with Crippen molar-refractivity contribution in [3.63, 3.8) is 0 Å². The van der Waals surface area contributed by atoms with E-state index < -0.39 is 5.97 Å². The molecule has 1 aromatic carbocycles. The highest BCUT2D eigenvalue weighted by molar-refractivity contribution is 5.86. The van der Waals surface area contributed by atoms with Gasteiger partial charge in [0.2, 0.25) is 0 Å². The van der Waals surface area contributed by atoms with E-state index >= 15 is 0 Å². The number of aromatic amines is 1. The average molecular weight is 445 g/mol. The van der Waals surface area contributed by atoms with Crippen molar-refractivity contribution >= 4 is 30.0 Å². The number of hydrogen-bond acceptors (Lipinski definition) is 8. The summed E-state index contributed by atoms with van der Waals surface area (Å²) in [4.78, 5) is 19.6. The first-order chi connectivity index (χ1) is 14.7. The van der Waals surface area contributed by atoms with Gasteiger partial charge in [0.25, 0.3) is 0 Å². The van der Waals surface area contributed by atoms with Crippen LogP contribution in [0.25, 0.3) is 11.3 Å². The van der Waals surface area contributed by atoms with Crippen LogP contribution >= 0.6 is 12.4 Å². The van der Waals surface area contributed by atoms with Gasteiger partial charge in [-0.2, -0.15) is 5.10 Å². The molecule has 1 fully saturated rings. The second kappa shape index (κ2) is 10.2. The van der Waals surface area contributed by atoms with Crippen molar-refractivity contribution in [3.8, 4) is 17.0 Å². The van der Waals surface area contributed by atoms with Crippen molar-refractivity contribution in [2.75, 3.05) is 32.6 Å². The Bertz CT molecular complexity index is 1020. The third-order valence-corrected chi connectivity index (χ3v) is 5.21. The Labute approximate surface area is 186 Å². The smallest absolute Gasteiger partial charge is 0.358 e. The fourth-order valence-corrected chi connectivity index (χ4v) is 3.60. The van der Waals surface area contributed by atoms with Gasteiger partial charge in [0.05, 0.1) is 32.3 Å². The van der Waals surface area contributed by atoms with Crippen LogP contribution in [0.15, 0.2) is 36.7 Å². The summed E-state index contributed by atoms with van der Waals surface area (Å²) >= 11 is 0. The number of rotatable bonds is 6. The number of carbonyl (C=O) groups is 1. The van der Waals surface area contributed by atoms with Crippen LogP contribution in [0, 0.1) is 0 Å². The van der Waals surface area contributed by atoms with Crippen molar-refractivity contribution in [2.24, 2.45) is 0 Å². The Morgan fingerprint density at radius 2 is 1.90 bits per heavy atom. The molecule has 3 N–H and O–H groups in total. The van der Waals surface area contributed by atoms with Gasteiger partial charge in [0.1, 0.15) is 11.6 Å². The van der Waals surface area contributed by atoms with Gasteiger partial charge in [-0.3, -0.25) is 5.10 Å². The molecule has 0 spiro atoms. The Morgan fingerprint density at radius 3 is 2.58 bits per heavy atom. The minimum Gasteiger partial charge on any atom is -0.496 e. The normalized spacial score (nSPS) is 13.9. The number of esters is 1. The molecule has 3 aromatic rings. The van der Waals surface area contributed by atoms with Crippen molar-refractivity contribution < 1.29 is 14.3 Å². The molecule has 164 valence electrons. The maximum Gasteiger partial charge on any atom is 0.358 e. The van der Waals surface area contributed by atoms with E-state index in [1.807, 2.05) is 6.07 Å². The van der Waals surface area contributed by atoms with Gasteiger partial charge in [-0.1, -0.05) is 6.07 Å². The zero-order valence-corrected chi connectivity index (χ0v) is 18.2. The second-order valence-electron chi connectivity index (χ2n) is 7.05. The third kappa shape index (κ3) is 5.12. The zero-order chi connectivity index (χ0) is 20.9. The number of benzene rings is 1. The lowest BCUT2D eigenvalue weighted by molar-refractivity contribution is 0.0593. The minimum absolute atomic E-state index is 0. The summed E-state index contributed by atoms with van der Waals surface area (Å²) in [6.07, 6.45) is 5.08. The molecule has 10 heteroatoms. The summed E-state index contributed by atoms with van der Waals surface area (Å²) in [6.45, 7) is 2.10. The van der Waals surface area contributed by atoms with Crippen molar-refractivity contribution in [2.45, 2.75) is 18.8 Å². The van der Waals surface area contributed by atoms with E-state index in [1.54, 1.807) is 7.11 Å². The van der Waals surface area contributed by atoms with Crippen LogP contribution in [-0.2, 0) is 4.74 Å². The molecule has 0 aliphatic carbocycles. The lowest BCUT2D eigenvalue weighted by Gasteiger charge is -2.23. The second-order valence-corrected chi connectivity index (χ2v) is 7.05. The number of methoxy groups -OCH3 is 2. The highest BCUT2D eigenvalue weighted by Gasteiger charge is 2.18. The summed E-state index contributed by atoms with van der Waals surface area (Å²) in [5, 5.41) is 13.8. The molecule has 0 atom stereocenters. The number of nitrogens with zero attached hydrogens (tertiary/aromatic N) is 3. The quantitative estimate of drug-likeness (QED) is 0.496. The molecule has 4 rings (SSSR count). The van der Waals surface area contributed by atoms with Gasteiger partial charge < -0.3 is 20.1 Å². The zero-order valence-electron chi connectivity index (χ0n) is 17.3. The van der Waals surface area contributed by atoms with Crippen molar-refractivity contribution in [3.05, 3.63) is 47.9 Å². The Kier molecular flexibility index (Phi) is 7.43. The fraction of sp³-hybridized carbons (Fsp3) is 0.333. The van der Waals surface area contributed by atoms with Crippen molar-refractivity contribution in [1.29, 1.82) is 0 Å². The van der Waals surface area contributed by atoms with Gasteiger partial charge in [-0.25, -0.2) is 14.8 Å². The number of halogens is 1. The molecule has 0 saturated carbocycles. The van der Waals surface area contributed by atoms with E-state index in [0.717, 1.165) is 42.9 Å². The third-order valence-electron chi connectivity index (χ3n) is 5.21. The molecule has 0 unspecified atom stereocenters. The molecule has 31 heavy (non-hydrogen) atoms. The predicted octanol–water partition coefficient (Wildman–Crippen LogP) is 3.29. The number of H-pyrrole nitrogens is 1. The van der Waals surface area contributed by atoms with Gasteiger partial charge in [-0.15, -0.1) is 12.4 Å². The summed E-state index contributed by atoms with van der Waals surface area (Å²) in [5.41, 5.74) is 3.20. The topological polar surface area (TPSA) is 114 Å². The number of piperidine rings is 1. The molecular weight excluding hydrogens is 420 g/mol. The summed E-state index contributed by atoms with van der Waals surface area (Å²) in [6, 6.07) is 8.23. The fourth-order valence-electron chi connectivity index (χ4n) is 3.60. The number of ether oxygens (including phenoxy) is 2. The minimum atomic E-state index is -0.531. The first kappa shape index (κ1) is 22.5. The average Bonchev–Trinajstić information content (AvgIpc) is 3.27. The van der Waals surface area contributed by atoms with Crippen molar-refractivity contribution in [1.82, 2.24) is 25.5 Å². The highest BCUT2D eigenvalue weighted by atomic mass is 35.5. The number of aromatic nitrogens is 4. The van der Waals surface area contributed by atoms with Crippen LogP contribution < -0.4 is 15.4 Å². The maximum atomic E-state index is 11.5. The van der Waals surface area contributed by atoms with Crippen LogP contribution in [0.1, 0.15) is 34.8 Å². The monoisotopic (exact) mass is 444 g/mol. The van der Waals surface area contributed by atoms with Gasteiger partial charge >= 0.3 is 5.97 Å². The first-order valence-corrected chi connectivity index (χ1v) is 9.79. The van der Waals surface area contributed by atoms with Crippen LogP contribution in [0.3, 0.4) is 0 Å². The van der Waals surface area contributed by atoms with E-state index in [0.29, 0.717) is 17.6 Å². The number of carbonyl (C=O) groups excluding carboxylic acids is 1. The van der Waals surface area contributed by atoms with Gasteiger partial charge in [0, 0.05) is 11.6 Å². The van der Waals surface area contributed by atoms with E-state index in [9.17, 15) is 4.79 Å². The van der Waals surface area contributed by atoms with Crippen LogP contribution in [0.5, 0.6) is 5.75 Å². The molecule has 1 aliphatic rings. The molecule has 0 radical (unpaired) electrons. The summed E-state index contributed by atoms with van der Waals surface area (Å²) in [5.74, 6) is 1.88. The number of hydrogen-bond donors (Lipinski definition) is 3. The van der Waals surface area contributed by atoms with Crippen LogP contribution in [-0.4, -0.2) is 53.4 Å². The Balaban J connectivity index is 0.00000272. The molecule has 3 heterocycles. The Hall–Kier alpha value is -3.17.